The van der Waals surface area contributed by atoms with Crippen molar-refractivity contribution in [1.29, 1.82) is 0 Å². The third kappa shape index (κ3) is 4.23. The van der Waals surface area contributed by atoms with Gasteiger partial charge in [0, 0.05) is 6.04 Å². The molecule has 100 valence electrons. The zero-order valence-electron chi connectivity index (χ0n) is 11.6. The van der Waals surface area contributed by atoms with Crippen LogP contribution in [0.15, 0.2) is 0 Å². The maximum atomic E-state index is 3.46. The molecule has 3 heteroatoms. The second-order valence-electron chi connectivity index (χ2n) is 6.02. The number of piperidine rings is 1. The summed E-state index contributed by atoms with van der Waals surface area (Å²) in [5.41, 5.74) is 0. The third-order valence-corrected chi connectivity index (χ3v) is 4.60. The maximum absolute atomic E-state index is 3.46. The maximum Gasteiger partial charge on any atom is 0.0117 e. The molecule has 0 radical (unpaired) electrons. The molecule has 0 aromatic heterocycles. The van der Waals surface area contributed by atoms with Gasteiger partial charge in [-0.05, 0) is 84.8 Å². The Morgan fingerprint density at radius 1 is 1.24 bits per heavy atom. The average Bonchev–Trinajstić information content (AvgIpc) is 2.83. The molecule has 0 bridgehead atoms. The molecule has 2 heterocycles. The van der Waals surface area contributed by atoms with E-state index in [1.807, 2.05) is 0 Å². The van der Waals surface area contributed by atoms with Crippen LogP contribution in [0.3, 0.4) is 0 Å². The van der Waals surface area contributed by atoms with E-state index in [9.17, 15) is 0 Å². The number of likely N-dealkylation sites (tertiary alicyclic amines) is 1. The lowest BCUT2D eigenvalue weighted by Gasteiger charge is -2.35. The van der Waals surface area contributed by atoms with Crippen molar-refractivity contribution in [3.8, 4) is 0 Å². The number of hydrogen-bond donors (Lipinski definition) is 1. The van der Waals surface area contributed by atoms with Gasteiger partial charge in [-0.3, -0.25) is 0 Å². The van der Waals surface area contributed by atoms with E-state index in [1.54, 1.807) is 0 Å². The SMILES string of the molecule is CN1CCC(N(C)CCCC2CCNC2)CC1. The van der Waals surface area contributed by atoms with Crippen molar-refractivity contribution < 1.29 is 0 Å². The Labute approximate surface area is 107 Å². The zero-order chi connectivity index (χ0) is 12.1. The Morgan fingerprint density at radius 2 is 2.00 bits per heavy atom. The van der Waals surface area contributed by atoms with Crippen LogP contribution >= 0.6 is 0 Å². The van der Waals surface area contributed by atoms with E-state index in [4.69, 9.17) is 0 Å². The van der Waals surface area contributed by atoms with Gasteiger partial charge in [-0.2, -0.15) is 0 Å². The van der Waals surface area contributed by atoms with Crippen molar-refractivity contribution in [2.75, 3.05) is 46.8 Å². The van der Waals surface area contributed by atoms with E-state index in [0.717, 1.165) is 12.0 Å². The summed E-state index contributed by atoms with van der Waals surface area (Å²) in [6.45, 7) is 6.36. The summed E-state index contributed by atoms with van der Waals surface area (Å²) in [7, 11) is 4.56. The van der Waals surface area contributed by atoms with Gasteiger partial charge in [0.05, 0.1) is 0 Å². The molecule has 2 aliphatic heterocycles. The first kappa shape index (κ1) is 13.3. The van der Waals surface area contributed by atoms with Gasteiger partial charge >= 0.3 is 0 Å². The van der Waals surface area contributed by atoms with Crippen LogP contribution < -0.4 is 5.32 Å². The lowest BCUT2D eigenvalue weighted by Crippen LogP contribution is -2.42. The standard InChI is InChI=1S/C14H29N3/c1-16-10-6-14(7-11-16)17(2)9-3-4-13-5-8-15-12-13/h13-15H,3-12H2,1-2H3. The normalized spacial score (nSPS) is 28.1. The summed E-state index contributed by atoms with van der Waals surface area (Å²) in [4.78, 5) is 5.06. The minimum atomic E-state index is 0.841. The summed E-state index contributed by atoms with van der Waals surface area (Å²) in [5.74, 6) is 0.959. The molecular weight excluding hydrogens is 210 g/mol. The zero-order valence-corrected chi connectivity index (χ0v) is 11.6. The lowest BCUT2D eigenvalue weighted by atomic mass is 10.0. The van der Waals surface area contributed by atoms with Gasteiger partial charge in [0.25, 0.3) is 0 Å². The van der Waals surface area contributed by atoms with Gasteiger partial charge in [-0.15, -0.1) is 0 Å². The van der Waals surface area contributed by atoms with Crippen molar-refractivity contribution >= 4 is 0 Å². The molecule has 1 unspecified atom stereocenters. The highest BCUT2D eigenvalue weighted by Gasteiger charge is 2.20. The van der Waals surface area contributed by atoms with E-state index in [0.29, 0.717) is 0 Å². The van der Waals surface area contributed by atoms with E-state index in [2.05, 4.69) is 29.2 Å². The number of nitrogens with zero attached hydrogens (tertiary/aromatic N) is 2. The number of rotatable bonds is 5. The van der Waals surface area contributed by atoms with Crippen LogP contribution in [-0.4, -0.2) is 62.7 Å². The molecule has 0 aromatic carbocycles. The van der Waals surface area contributed by atoms with Crippen LogP contribution in [0.25, 0.3) is 0 Å². The molecule has 2 fully saturated rings. The minimum absolute atomic E-state index is 0.841. The van der Waals surface area contributed by atoms with Crippen LogP contribution in [-0.2, 0) is 0 Å². The smallest absolute Gasteiger partial charge is 0.0117 e. The van der Waals surface area contributed by atoms with E-state index in [1.165, 1.54) is 64.8 Å². The summed E-state index contributed by atoms with van der Waals surface area (Å²) < 4.78 is 0. The number of hydrogen-bond acceptors (Lipinski definition) is 3. The Kier molecular flexibility index (Phi) is 5.26. The monoisotopic (exact) mass is 239 g/mol. The minimum Gasteiger partial charge on any atom is -0.316 e. The first-order valence-corrected chi connectivity index (χ1v) is 7.35. The highest BCUT2D eigenvalue weighted by Crippen LogP contribution is 2.17. The average molecular weight is 239 g/mol. The van der Waals surface area contributed by atoms with Crippen molar-refractivity contribution in [2.24, 2.45) is 5.92 Å². The van der Waals surface area contributed by atoms with Gasteiger partial charge in [-0.25, -0.2) is 0 Å². The topological polar surface area (TPSA) is 18.5 Å². The molecule has 0 saturated carbocycles. The van der Waals surface area contributed by atoms with Crippen molar-refractivity contribution in [2.45, 2.75) is 38.1 Å². The van der Waals surface area contributed by atoms with Gasteiger partial charge < -0.3 is 15.1 Å². The van der Waals surface area contributed by atoms with E-state index in [-0.39, 0.29) is 0 Å². The molecule has 1 N–H and O–H groups in total. The molecule has 2 rings (SSSR count). The Hall–Kier alpha value is -0.120. The largest absolute Gasteiger partial charge is 0.316 e. The quantitative estimate of drug-likeness (QED) is 0.782. The van der Waals surface area contributed by atoms with Crippen molar-refractivity contribution in [1.82, 2.24) is 15.1 Å². The third-order valence-electron chi connectivity index (χ3n) is 4.60. The van der Waals surface area contributed by atoms with E-state index >= 15 is 0 Å². The van der Waals surface area contributed by atoms with E-state index < -0.39 is 0 Å². The summed E-state index contributed by atoms with van der Waals surface area (Å²) >= 11 is 0. The fourth-order valence-electron chi connectivity index (χ4n) is 3.21. The second-order valence-corrected chi connectivity index (χ2v) is 6.02. The van der Waals surface area contributed by atoms with Crippen LogP contribution in [0.2, 0.25) is 0 Å². The first-order chi connectivity index (χ1) is 8.25. The fraction of sp³-hybridized carbons (Fsp3) is 1.00. The Balaban J connectivity index is 1.58. The Bertz CT molecular complexity index is 206. The van der Waals surface area contributed by atoms with Crippen molar-refractivity contribution in [3.05, 3.63) is 0 Å². The molecule has 0 spiro atoms. The Morgan fingerprint density at radius 3 is 2.65 bits per heavy atom. The molecule has 0 amide bonds. The van der Waals surface area contributed by atoms with Gasteiger partial charge in [-0.1, -0.05) is 0 Å². The van der Waals surface area contributed by atoms with Crippen LogP contribution in [0.5, 0.6) is 0 Å². The second kappa shape index (κ2) is 6.72. The highest BCUT2D eigenvalue weighted by atomic mass is 15.2. The fourth-order valence-corrected chi connectivity index (χ4v) is 3.21. The summed E-state index contributed by atoms with van der Waals surface area (Å²) in [5, 5.41) is 3.46. The van der Waals surface area contributed by atoms with Gasteiger partial charge in [0.2, 0.25) is 0 Å². The molecule has 17 heavy (non-hydrogen) atoms. The molecule has 2 saturated heterocycles. The molecule has 1 atom stereocenters. The molecule has 3 nitrogen and oxygen atoms in total. The lowest BCUT2D eigenvalue weighted by molar-refractivity contribution is 0.141. The molecule has 0 aliphatic carbocycles. The molecular formula is C14H29N3. The van der Waals surface area contributed by atoms with Crippen LogP contribution in [0, 0.1) is 5.92 Å². The van der Waals surface area contributed by atoms with Crippen LogP contribution in [0.4, 0.5) is 0 Å². The number of nitrogens with one attached hydrogen (secondary N) is 1. The van der Waals surface area contributed by atoms with Gasteiger partial charge in [0.15, 0.2) is 0 Å². The van der Waals surface area contributed by atoms with Crippen LogP contribution in [0.1, 0.15) is 32.1 Å². The van der Waals surface area contributed by atoms with Crippen molar-refractivity contribution in [3.63, 3.8) is 0 Å². The van der Waals surface area contributed by atoms with Gasteiger partial charge in [0.1, 0.15) is 0 Å². The predicted molar refractivity (Wildman–Crippen MR) is 73.4 cm³/mol. The summed E-state index contributed by atoms with van der Waals surface area (Å²) in [6, 6.07) is 0.841. The first-order valence-electron chi connectivity index (χ1n) is 7.35. The molecule has 0 aromatic rings. The predicted octanol–water partition coefficient (Wildman–Crippen LogP) is 1.40. The summed E-state index contributed by atoms with van der Waals surface area (Å²) in [6.07, 6.45) is 6.92. The highest BCUT2D eigenvalue weighted by molar-refractivity contribution is 4.77. The molecule has 2 aliphatic rings.